The normalized spacial score (nSPS) is 19.5. The van der Waals surface area contributed by atoms with Crippen LogP contribution in [0, 0.1) is 11.3 Å². The van der Waals surface area contributed by atoms with Gasteiger partial charge < -0.3 is 14.2 Å². The van der Waals surface area contributed by atoms with Gasteiger partial charge in [0.25, 0.3) is 5.91 Å². The maximum absolute atomic E-state index is 12.2. The molecular formula is C13H24INO3S. The van der Waals surface area contributed by atoms with E-state index >= 15 is 0 Å². The number of nitrogens with zero attached hydrogens (tertiary/aromatic N) is 1. The molecule has 1 aliphatic heterocycles. The SMILES string of the molecule is CC(C)(C)[C@H](O)C(=O)N1CCC(CCOSI)CC1. The Balaban J connectivity index is 2.35. The van der Waals surface area contributed by atoms with E-state index in [1.165, 1.54) is 9.21 Å². The molecule has 1 amide bonds. The minimum absolute atomic E-state index is 0.120. The van der Waals surface area contributed by atoms with Crippen molar-refractivity contribution in [3.8, 4) is 0 Å². The van der Waals surface area contributed by atoms with Crippen molar-refractivity contribution in [3.05, 3.63) is 0 Å². The Hall–Kier alpha value is 0.470. The van der Waals surface area contributed by atoms with Gasteiger partial charge in [-0.2, -0.15) is 0 Å². The molecule has 0 aromatic rings. The molecule has 0 unspecified atom stereocenters. The van der Waals surface area contributed by atoms with Gasteiger partial charge in [0.2, 0.25) is 0 Å². The van der Waals surface area contributed by atoms with E-state index in [1.807, 2.05) is 20.8 Å². The number of carbonyl (C=O) groups excluding carboxylic acids is 1. The van der Waals surface area contributed by atoms with Gasteiger partial charge in [-0.1, -0.05) is 20.8 Å². The first-order chi connectivity index (χ1) is 8.86. The van der Waals surface area contributed by atoms with Crippen LogP contribution < -0.4 is 0 Å². The smallest absolute Gasteiger partial charge is 0.251 e. The summed E-state index contributed by atoms with van der Waals surface area (Å²) in [5, 5.41) is 10.0. The molecule has 0 radical (unpaired) electrons. The highest BCUT2D eigenvalue weighted by Gasteiger charge is 2.33. The highest BCUT2D eigenvalue weighted by atomic mass is 127. The molecule has 6 heteroatoms. The number of hydrogen-bond acceptors (Lipinski definition) is 4. The first-order valence-electron chi connectivity index (χ1n) is 6.73. The number of rotatable bonds is 5. The van der Waals surface area contributed by atoms with Crippen molar-refractivity contribution in [2.45, 2.75) is 46.1 Å². The van der Waals surface area contributed by atoms with Gasteiger partial charge in [-0.15, -0.1) is 0 Å². The van der Waals surface area contributed by atoms with E-state index in [0.717, 1.165) is 39.0 Å². The van der Waals surface area contributed by atoms with Crippen molar-refractivity contribution in [2.24, 2.45) is 11.3 Å². The van der Waals surface area contributed by atoms with Crippen LogP contribution in [0.5, 0.6) is 0 Å². The topological polar surface area (TPSA) is 49.8 Å². The first kappa shape index (κ1) is 17.5. The van der Waals surface area contributed by atoms with Crippen molar-refractivity contribution in [1.82, 2.24) is 4.90 Å². The van der Waals surface area contributed by atoms with Crippen molar-refractivity contribution in [1.29, 1.82) is 0 Å². The summed E-state index contributed by atoms with van der Waals surface area (Å²) in [6.45, 7) is 7.96. The number of likely N-dealkylation sites (tertiary alicyclic amines) is 1. The predicted octanol–water partition coefficient (Wildman–Crippen LogP) is 3.04. The van der Waals surface area contributed by atoms with Gasteiger partial charge in [-0.25, -0.2) is 0 Å². The van der Waals surface area contributed by atoms with Gasteiger partial charge >= 0.3 is 0 Å². The summed E-state index contributed by atoms with van der Waals surface area (Å²) in [4.78, 5) is 14.0. The monoisotopic (exact) mass is 401 g/mol. The summed E-state index contributed by atoms with van der Waals surface area (Å²) in [7, 11) is 1.37. The lowest BCUT2D eigenvalue weighted by atomic mass is 9.87. The average Bonchev–Trinajstić information content (AvgIpc) is 2.37. The van der Waals surface area contributed by atoms with Gasteiger partial charge in [-0.05, 0) is 30.6 Å². The number of aliphatic hydroxyl groups excluding tert-OH is 1. The van der Waals surface area contributed by atoms with E-state index in [2.05, 4.69) is 21.2 Å². The van der Waals surface area contributed by atoms with E-state index in [0.29, 0.717) is 5.92 Å². The van der Waals surface area contributed by atoms with Crippen molar-refractivity contribution in [3.63, 3.8) is 0 Å². The quantitative estimate of drug-likeness (QED) is 0.437. The number of carbonyl (C=O) groups is 1. The zero-order chi connectivity index (χ0) is 14.5. The van der Waals surface area contributed by atoms with Crippen LogP contribution in [0.1, 0.15) is 40.0 Å². The number of hydrogen-bond donors (Lipinski definition) is 1. The molecule has 112 valence electrons. The molecule has 1 heterocycles. The molecule has 19 heavy (non-hydrogen) atoms. The summed E-state index contributed by atoms with van der Waals surface area (Å²) in [6, 6.07) is 0. The summed E-state index contributed by atoms with van der Waals surface area (Å²) in [6.07, 6.45) is 2.18. The molecule has 0 saturated carbocycles. The lowest BCUT2D eigenvalue weighted by Gasteiger charge is -2.36. The summed E-state index contributed by atoms with van der Waals surface area (Å²) < 4.78 is 5.28. The maximum atomic E-state index is 12.2. The van der Waals surface area contributed by atoms with Crippen molar-refractivity contribution >= 4 is 36.3 Å². The number of aliphatic hydroxyl groups is 1. The van der Waals surface area contributed by atoms with Gasteiger partial charge in [0.1, 0.15) is 6.10 Å². The van der Waals surface area contributed by atoms with Gasteiger partial charge in [-0.3, -0.25) is 4.79 Å². The molecule has 1 rings (SSSR count). The van der Waals surface area contributed by atoms with Crippen LogP contribution in [-0.2, 0) is 8.98 Å². The maximum Gasteiger partial charge on any atom is 0.251 e. The van der Waals surface area contributed by atoms with Gasteiger partial charge in [0.15, 0.2) is 0 Å². The molecule has 1 N–H and O–H groups in total. The van der Waals surface area contributed by atoms with Crippen LogP contribution in [0.15, 0.2) is 0 Å². The fourth-order valence-corrected chi connectivity index (χ4v) is 2.93. The lowest BCUT2D eigenvalue weighted by Crippen LogP contribution is -2.48. The summed E-state index contributed by atoms with van der Waals surface area (Å²) in [5.74, 6) is 0.518. The fraction of sp³-hybridized carbons (Fsp3) is 0.923. The van der Waals surface area contributed by atoms with E-state index in [4.69, 9.17) is 4.18 Å². The second-order valence-electron chi connectivity index (χ2n) is 6.21. The standard InChI is InChI=1S/C13H24INO3S/c1-13(2,3)11(16)12(17)15-7-4-10(5-8-15)6-9-18-19-14/h10-11,16H,4-9H2,1-3H3/t11-/m1/s1. The number of halogens is 1. The molecule has 1 fully saturated rings. The number of amides is 1. The summed E-state index contributed by atoms with van der Waals surface area (Å²) in [5.41, 5.74) is -0.390. The molecule has 1 saturated heterocycles. The second kappa shape index (κ2) is 8.05. The summed E-state index contributed by atoms with van der Waals surface area (Å²) >= 11 is 2.12. The third-order valence-electron chi connectivity index (χ3n) is 3.63. The largest absolute Gasteiger partial charge is 0.383 e. The van der Waals surface area contributed by atoms with E-state index in [9.17, 15) is 9.90 Å². The first-order valence-corrected chi connectivity index (χ1v) is 10.0. The fourth-order valence-electron chi connectivity index (χ4n) is 2.23. The Morgan fingerprint density at radius 3 is 2.53 bits per heavy atom. The van der Waals surface area contributed by atoms with Crippen LogP contribution in [0.2, 0.25) is 0 Å². The molecule has 0 spiro atoms. The van der Waals surface area contributed by atoms with E-state index in [1.54, 1.807) is 4.90 Å². The molecule has 0 aliphatic carbocycles. The molecule has 0 aromatic carbocycles. The lowest BCUT2D eigenvalue weighted by molar-refractivity contribution is -0.147. The second-order valence-corrected chi connectivity index (χ2v) is 7.65. The predicted molar refractivity (Wildman–Crippen MR) is 86.9 cm³/mol. The van der Waals surface area contributed by atoms with E-state index in [-0.39, 0.29) is 11.3 Å². The molecule has 4 nitrogen and oxygen atoms in total. The van der Waals surface area contributed by atoms with Crippen molar-refractivity contribution in [2.75, 3.05) is 19.7 Å². The highest BCUT2D eigenvalue weighted by Crippen LogP contribution is 2.26. The Kier molecular flexibility index (Phi) is 7.42. The highest BCUT2D eigenvalue weighted by molar-refractivity contribution is 14.2. The minimum Gasteiger partial charge on any atom is -0.383 e. The Bertz CT molecular complexity index is 288. The van der Waals surface area contributed by atoms with Crippen LogP contribution in [0.25, 0.3) is 0 Å². The van der Waals surface area contributed by atoms with Crippen LogP contribution >= 0.6 is 30.4 Å². The van der Waals surface area contributed by atoms with Gasteiger partial charge in [0.05, 0.1) is 15.8 Å². The zero-order valence-corrected chi connectivity index (χ0v) is 14.9. The molecule has 0 bridgehead atoms. The Morgan fingerprint density at radius 1 is 1.47 bits per heavy atom. The molecular weight excluding hydrogens is 377 g/mol. The van der Waals surface area contributed by atoms with E-state index < -0.39 is 6.10 Å². The van der Waals surface area contributed by atoms with Gasteiger partial charge in [0, 0.05) is 34.3 Å². The Morgan fingerprint density at radius 2 is 2.05 bits per heavy atom. The third-order valence-corrected chi connectivity index (χ3v) is 4.65. The zero-order valence-electron chi connectivity index (χ0n) is 11.9. The Labute approximate surface area is 132 Å². The minimum atomic E-state index is -0.900. The van der Waals surface area contributed by atoms with Crippen molar-refractivity contribution < 1.29 is 14.1 Å². The average molecular weight is 401 g/mol. The van der Waals surface area contributed by atoms with Crippen LogP contribution in [-0.4, -0.2) is 41.7 Å². The molecule has 1 aliphatic rings. The molecule has 1 atom stereocenters. The third kappa shape index (κ3) is 5.77. The van der Waals surface area contributed by atoms with Crippen LogP contribution in [0.3, 0.4) is 0 Å². The molecule has 0 aromatic heterocycles. The number of piperidine rings is 1. The van der Waals surface area contributed by atoms with Crippen LogP contribution in [0.4, 0.5) is 0 Å².